The maximum atomic E-state index is 13.4. The van der Waals surface area contributed by atoms with Crippen LogP contribution in [-0.4, -0.2) is 10.5 Å². The van der Waals surface area contributed by atoms with Crippen molar-refractivity contribution in [3.63, 3.8) is 0 Å². The van der Waals surface area contributed by atoms with Crippen LogP contribution in [0.25, 0.3) is 10.9 Å². The number of aromatic nitrogens is 1. The van der Waals surface area contributed by atoms with Crippen molar-refractivity contribution in [2.75, 3.05) is 0 Å². The lowest BCUT2D eigenvalue weighted by Crippen LogP contribution is -2.20. The molecule has 1 unspecified atom stereocenters. The van der Waals surface area contributed by atoms with Crippen LogP contribution >= 0.6 is 0 Å². The second-order valence-corrected chi connectivity index (χ2v) is 5.78. The number of hydrogen-bond donors (Lipinski definition) is 2. The van der Waals surface area contributed by atoms with Gasteiger partial charge in [-0.15, -0.1) is 0 Å². The largest absolute Gasteiger partial charge is 0.370 e. The molecule has 1 atom stereocenters. The van der Waals surface area contributed by atoms with E-state index < -0.39 is 23.6 Å². The zero-order chi connectivity index (χ0) is 17.3. The lowest BCUT2D eigenvalue weighted by molar-refractivity contribution is -0.118. The molecule has 0 saturated heterocycles. The summed E-state index contributed by atoms with van der Waals surface area (Å²) in [4.78, 5) is 11.1. The third kappa shape index (κ3) is 3.28. The van der Waals surface area contributed by atoms with E-state index in [0.717, 1.165) is 22.5 Å². The Morgan fingerprint density at radius 3 is 2.46 bits per heavy atom. The predicted molar refractivity (Wildman–Crippen MR) is 88.1 cm³/mol. The van der Waals surface area contributed by atoms with Crippen molar-refractivity contribution in [2.24, 2.45) is 11.5 Å². The van der Waals surface area contributed by atoms with Gasteiger partial charge in [-0.2, -0.15) is 0 Å². The number of carbonyl (C=O) groups excluding carboxylic acids is 1. The molecule has 3 rings (SSSR count). The van der Waals surface area contributed by atoms with Crippen LogP contribution in [0, 0.1) is 11.6 Å². The minimum atomic E-state index is -0.618. The van der Waals surface area contributed by atoms with E-state index in [4.69, 9.17) is 11.5 Å². The first kappa shape index (κ1) is 16.1. The molecule has 124 valence electrons. The summed E-state index contributed by atoms with van der Waals surface area (Å²) in [6.45, 7) is 0.290. The number of fused-ring (bicyclic) bond motifs is 1. The molecule has 0 saturated carbocycles. The van der Waals surface area contributed by atoms with Gasteiger partial charge in [-0.3, -0.25) is 4.79 Å². The van der Waals surface area contributed by atoms with Crippen LogP contribution in [0.3, 0.4) is 0 Å². The summed E-state index contributed by atoms with van der Waals surface area (Å²) in [7, 11) is 0. The Balaban J connectivity index is 2.03. The smallest absolute Gasteiger partial charge is 0.219 e. The van der Waals surface area contributed by atoms with E-state index in [1.807, 2.05) is 28.8 Å². The Bertz CT molecular complexity index is 884. The molecule has 0 aliphatic rings. The molecular formula is C18H17F2N3O. The third-order valence-corrected chi connectivity index (χ3v) is 3.92. The minimum Gasteiger partial charge on any atom is -0.370 e. The zero-order valence-corrected chi connectivity index (χ0v) is 12.9. The van der Waals surface area contributed by atoms with Gasteiger partial charge in [-0.1, -0.05) is 18.2 Å². The molecule has 4 N–H and O–H groups in total. The molecule has 1 aromatic heterocycles. The van der Waals surface area contributed by atoms with E-state index in [9.17, 15) is 13.6 Å². The highest BCUT2D eigenvalue weighted by Gasteiger charge is 2.16. The monoisotopic (exact) mass is 329 g/mol. The summed E-state index contributed by atoms with van der Waals surface area (Å²) in [5.41, 5.74) is 13.5. The molecule has 0 fully saturated rings. The fraction of sp³-hybridized carbons (Fsp3) is 0.167. The number of carbonyl (C=O) groups is 1. The van der Waals surface area contributed by atoms with Gasteiger partial charge in [0.15, 0.2) is 0 Å². The lowest BCUT2D eigenvalue weighted by Gasteiger charge is -2.08. The molecule has 2 aromatic carbocycles. The molecule has 0 aliphatic heterocycles. The van der Waals surface area contributed by atoms with Gasteiger partial charge in [0.25, 0.3) is 0 Å². The molecular weight excluding hydrogens is 312 g/mol. The maximum absolute atomic E-state index is 13.4. The second-order valence-electron chi connectivity index (χ2n) is 5.78. The van der Waals surface area contributed by atoms with Crippen molar-refractivity contribution in [1.82, 2.24) is 4.57 Å². The summed E-state index contributed by atoms with van der Waals surface area (Å²) in [5.74, 6) is -1.72. The average Bonchev–Trinajstić information content (AvgIpc) is 2.85. The number of nitrogens with zero attached hydrogens (tertiary/aromatic N) is 1. The SMILES string of the molecule is NC(=O)CC(N)c1cn(Cc2cc(F)cc(F)c2)c2ccccc12. The van der Waals surface area contributed by atoms with E-state index >= 15 is 0 Å². The third-order valence-electron chi connectivity index (χ3n) is 3.92. The summed E-state index contributed by atoms with van der Waals surface area (Å²) in [6, 6.07) is 10.4. The Labute approximate surface area is 137 Å². The minimum absolute atomic E-state index is 0.0304. The van der Waals surface area contributed by atoms with E-state index in [1.165, 1.54) is 12.1 Å². The first-order valence-corrected chi connectivity index (χ1v) is 7.50. The molecule has 1 amide bonds. The molecule has 24 heavy (non-hydrogen) atoms. The summed E-state index contributed by atoms with van der Waals surface area (Å²) < 4.78 is 28.7. The summed E-state index contributed by atoms with van der Waals surface area (Å²) in [6.07, 6.45) is 1.84. The van der Waals surface area contributed by atoms with Gasteiger partial charge in [-0.05, 0) is 29.3 Å². The van der Waals surface area contributed by atoms with Gasteiger partial charge in [0.2, 0.25) is 5.91 Å². The van der Waals surface area contributed by atoms with Crippen LogP contribution in [0.5, 0.6) is 0 Å². The van der Waals surface area contributed by atoms with Gasteiger partial charge >= 0.3 is 0 Å². The van der Waals surface area contributed by atoms with Gasteiger partial charge in [0.1, 0.15) is 11.6 Å². The molecule has 0 aliphatic carbocycles. The number of nitrogens with two attached hydrogens (primary N) is 2. The Kier molecular flexibility index (Phi) is 4.31. The molecule has 4 nitrogen and oxygen atoms in total. The molecule has 1 heterocycles. The van der Waals surface area contributed by atoms with Crippen molar-refractivity contribution in [3.05, 3.63) is 71.4 Å². The molecule has 3 aromatic rings. The van der Waals surface area contributed by atoms with Crippen LogP contribution < -0.4 is 11.5 Å². The van der Waals surface area contributed by atoms with Crippen LogP contribution in [0.4, 0.5) is 8.78 Å². The van der Waals surface area contributed by atoms with Crippen LogP contribution in [0.15, 0.2) is 48.7 Å². The zero-order valence-electron chi connectivity index (χ0n) is 12.9. The van der Waals surface area contributed by atoms with E-state index in [1.54, 1.807) is 6.20 Å². The van der Waals surface area contributed by atoms with Crippen LogP contribution in [-0.2, 0) is 11.3 Å². The van der Waals surface area contributed by atoms with Gasteiger partial charge < -0.3 is 16.0 Å². The first-order valence-electron chi connectivity index (χ1n) is 7.50. The topological polar surface area (TPSA) is 74.0 Å². The number of rotatable bonds is 5. The number of hydrogen-bond acceptors (Lipinski definition) is 2. The Morgan fingerprint density at radius 1 is 1.12 bits per heavy atom. The fourth-order valence-corrected chi connectivity index (χ4v) is 2.93. The van der Waals surface area contributed by atoms with Crippen molar-refractivity contribution in [1.29, 1.82) is 0 Å². The number of amides is 1. The maximum Gasteiger partial charge on any atom is 0.219 e. The number of benzene rings is 2. The Morgan fingerprint density at radius 2 is 1.79 bits per heavy atom. The second kappa shape index (κ2) is 6.41. The molecule has 0 bridgehead atoms. The van der Waals surface area contributed by atoms with Crippen molar-refractivity contribution in [2.45, 2.75) is 19.0 Å². The van der Waals surface area contributed by atoms with Crippen molar-refractivity contribution >= 4 is 16.8 Å². The number of halogens is 2. The average molecular weight is 329 g/mol. The summed E-state index contributed by atoms with van der Waals surface area (Å²) in [5, 5.41) is 0.892. The Hall–Kier alpha value is -2.73. The highest BCUT2D eigenvalue weighted by molar-refractivity contribution is 5.85. The highest BCUT2D eigenvalue weighted by Crippen LogP contribution is 2.28. The number of para-hydroxylation sites is 1. The molecule has 6 heteroatoms. The normalized spacial score (nSPS) is 12.5. The van der Waals surface area contributed by atoms with Gasteiger partial charge in [0.05, 0.1) is 0 Å². The van der Waals surface area contributed by atoms with Crippen molar-refractivity contribution in [3.8, 4) is 0 Å². The van der Waals surface area contributed by atoms with E-state index in [0.29, 0.717) is 12.1 Å². The fourth-order valence-electron chi connectivity index (χ4n) is 2.93. The van der Waals surface area contributed by atoms with E-state index in [2.05, 4.69) is 0 Å². The predicted octanol–water partition coefficient (Wildman–Crippen LogP) is 2.84. The molecule has 0 spiro atoms. The van der Waals surface area contributed by atoms with Crippen LogP contribution in [0.1, 0.15) is 23.6 Å². The van der Waals surface area contributed by atoms with Crippen LogP contribution in [0.2, 0.25) is 0 Å². The summed E-state index contributed by atoms with van der Waals surface area (Å²) >= 11 is 0. The quantitative estimate of drug-likeness (QED) is 0.755. The number of primary amides is 1. The van der Waals surface area contributed by atoms with Gasteiger partial charge in [-0.25, -0.2) is 8.78 Å². The molecule has 0 radical (unpaired) electrons. The standard InChI is InChI=1S/C18H17F2N3O/c19-12-5-11(6-13(20)7-12)9-23-10-15(16(21)8-18(22)24)14-3-1-2-4-17(14)23/h1-7,10,16H,8-9,21H2,(H2,22,24). The highest BCUT2D eigenvalue weighted by atomic mass is 19.1. The lowest BCUT2D eigenvalue weighted by atomic mass is 10.0. The first-order chi connectivity index (χ1) is 11.4. The van der Waals surface area contributed by atoms with Crippen molar-refractivity contribution < 1.29 is 13.6 Å². The van der Waals surface area contributed by atoms with Gasteiger partial charge in [0, 0.05) is 42.2 Å². The van der Waals surface area contributed by atoms with E-state index in [-0.39, 0.29) is 6.42 Å².